The summed E-state index contributed by atoms with van der Waals surface area (Å²) in [6.45, 7) is 0. The highest BCUT2D eigenvalue weighted by molar-refractivity contribution is 5.99. The molecule has 2 N–H and O–H groups in total. The van der Waals surface area contributed by atoms with E-state index in [1.165, 1.54) is 30.5 Å². The predicted molar refractivity (Wildman–Crippen MR) is 96.3 cm³/mol. The number of carbonyl (C=O) groups excluding carboxylic acids is 1. The second-order valence-electron chi connectivity index (χ2n) is 5.25. The van der Waals surface area contributed by atoms with E-state index in [0.717, 1.165) is 5.75 Å². The van der Waals surface area contributed by atoms with Crippen LogP contribution in [0, 0.1) is 5.82 Å². The summed E-state index contributed by atoms with van der Waals surface area (Å²) in [6.07, 6.45) is 1.48. The van der Waals surface area contributed by atoms with E-state index in [2.05, 4.69) is 15.6 Å². The Kier molecular flexibility index (Phi) is 5.28. The number of ether oxygens (including phenoxy) is 2. The zero-order valence-electron chi connectivity index (χ0n) is 13.9. The lowest BCUT2D eigenvalue weighted by molar-refractivity contribution is 0.262. The van der Waals surface area contributed by atoms with E-state index >= 15 is 0 Å². The molecule has 0 saturated carbocycles. The van der Waals surface area contributed by atoms with E-state index in [-0.39, 0.29) is 5.82 Å². The Morgan fingerprint density at radius 3 is 2.12 bits per heavy atom. The third-order valence-electron chi connectivity index (χ3n) is 3.38. The van der Waals surface area contributed by atoms with Gasteiger partial charge in [-0.1, -0.05) is 0 Å². The van der Waals surface area contributed by atoms with Gasteiger partial charge in [-0.2, -0.15) is 0 Å². The fourth-order valence-electron chi connectivity index (χ4n) is 2.11. The number of amides is 2. The third-order valence-corrected chi connectivity index (χ3v) is 3.38. The monoisotopic (exact) mass is 353 g/mol. The van der Waals surface area contributed by atoms with Gasteiger partial charge in [-0.15, -0.1) is 0 Å². The molecule has 2 aromatic carbocycles. The number of halogens is 1. The van der Waals surface area contributed by atoms with E-state index in [1.807, 2.05) is 0 Å². The second kappa shape index (κ2) is 7.98. The first-order chi connectivity index (χ1) is 12.6. The van der Waals surface area contributed by atoms with Crippen LogP contribution in [0.15, 0.2) is 66.9 Å². The third kappa shape index (κ3) is 4.70. The number of carbonyl (C=O) groups is 1. The number of rotatable bonds is 5. The van der Waals surface area contributed by atoms with Crippen LogP contribution in [0.4, 0.5) is 20.6 Å². The Bertz CT molecular complexity index is 866. The van der Waals surface area contributed by atoms with Crippen molar-refractivity contribution in [2.45, 2.75) is 0 Å². The molecule has 3 aromatic rings. The maximum atomic E-state index is 12.8. The summed E-state index contributed by atoms with van der Waals surface area (Å²) in [6, 6.07) is 15.4. The van der Waals surface area contributed by atoms with Crippen molar-refractivity contribution >= 4 is 17.4 Å². The van der Waals surface area contributed by atoms with Gasteiger partial charge >= 0.3 is 6.03 Å². The number of methoxy groups -OCH3 is 1. The molecule has 1 heterocycles. The predicted octanol–water partition coefficient (Wildman–Crippen LogP) is 4.67. The number of aromatic nitrogens is 1. The summed E-state index contributed by atoms with van der Waals surface area (Å²) in [5, 5.41) is 5.23. The normalized spacial score (nSPS) is 10.1. The van der Waals surface area contributed by atoms with Gasteiger partial charge < -0.3 is 20.1 Å². The first-order valence-electron chi connectivity index (χ1n) is 7.74. The summed E-state index contributed by atoms with van der Waals surface area (Å²) in [4.78, 5) is 16.1. The van der Waals surface area contributed by atoms with E-state index in [1.54, 1.807) is 43.5 Å². The highest BCUT2D eigenvalue weighted by Gasteiger charge is 2.05. The Labute approximate surface area is 149 Å². The van der Waals surface area contributed by atoms with Crippen LogP contribution < -0.4 is 20.1 Å². The molecule has 0 radical (unpaired) electrons. The van der Waals surface area contributed by atoms with Crippen LogP contribution in [-0.4, -0.2) is 18.1 Å². The Morgan fingerprint density at radius 2 is 1.50 bits per heavy atom. The Hall–Kier alpha value is -3.61. The van der Waals surface area contributed by atoms with Gasteiger partial charge in [0.15, 0.2) is 0 Å². The molecule has 132 valence electrons. The highest BCUT2D eigenvalue weighted by atomic mass is 19.1. The number of hydrogen-bond donors (Lipinski definition) is 2. The van der Waals surface area contributed by atoms with Crippen LogP contribution >= 0.6 is 0 Å². The van der Waals surface area contributed by atoms with E-state index < -0.39 is 6.03 Å². The van der Waals surface area contributed by atoms with Crippen LogP contribution in [0.25, 0.3) is 0 Å². The lowest BCUT2D eigenvalue weighted by Gasteiger charge is -2.09. The number of benzene rings is 2. The van der Waals surface area contributed by atoms with Crippen molar-refractivity contribution in [3.8, 4) is 17.4 Å². The molecule has 0 unspecified atom stereocenters. The number of anilines is 2. The molecule has 2 amide bonds. The van der Waals surface area contributed by atoms with E-state index in [4.69, 9.17) is 9.47 Å². The summed E-state index contributed by atoms with van der Waals surface area (Å²) in [5.41, 5.74) is 0.975. The van der Waals surface area contributed by atoms with Crippen LogP contribution in [0.5, 0.6) is 17.4 Å². The SMILES string of the molecule is COc1ccc(Oc2ccc(NC(=O)Nc3ccc(F)cc3)cn2)cc1. The van der Waals surface area contributed by atoms with Gasteiger partial charge in [-0.05, 0) is 54.6 Å². The van der Waals surface area contributed by atoms with E-state index in [9.17, 15) is 9.18 Å². The Morgan fingerprint density at radius 1 is 0.885 bits per heavy atom. The van der Waals surface area contributed by atoms with Gasteiger partial charge in [0, 0.05) is 11.8 Å². The lowest BCUT2D eigenvalue weighted by atomic mass is 10.3. The molecule has 0 spiro atoms. The molecule has 1 aromatic heterocycles. The highest BCUT2D eigenvalue weighted by Crippen LogP contribution is 2.23. The summed E-state index contributed by atoms with van der Waals surface area (Å²) in [7, 11) is 1.59. The molecule has 0 atom stereocenters. The van der Waals surface area contributed by atoms with Crippen molar-refractivity contribution in [3.63, 3.8) is 0 Å². The van der Waals surface area contributed by atoms with Gasteiger partial charge in [-0.25, -0.2) is 14.2 Å². The van der Waals surface area contributed by atoms with Gasteiger partial charge in [0.25, 0.3) is 0 Å². The number of hydrogen-bond acceptors (Lipinski definition) is 4. The minimum Gasteiger partial charge on any atom is -0.497 e. The topological polar surface area (TPSA) is 72.5 Å². The molecule has 0 bridgehead atoms. The van der Waals surface area contributed by atoms with Crippen molar-refractivity contribution in [2.24, 2.45) is 0 Å². The molecule has 0 aliphatic rings. The van der Waals surface area contributed by atoms with Crippen molar-refractivity contribution < 1.29 is 18.7 Å². The largest absolute Gasteiger partial charge is 0.497 e. The average Bonchev–Trinajstić information content (AvgIpc) is 2.66. The standard InChI is InChI=1S/C19H16FN3O3/c1-25-16-7-9-17(10-8-16)26-18-11-6-15(12-21-18)23-19(24)22-14-4-2-13(20)3-5-14/h2-12H,1H3,(H2,22,23,24). The van der Waals surface area contributed by atoms with Crippen molar-refractivity contribution in [1.82, 2.24) is 4.98 Å². The van der Waals surface area contributed by atoms with E-state index in [0.29, 0.717) is 23.0 Å². The first-order valence-corrected chi connectivity index (χ1v) is 7.74. The smallest absolute Gasteiger partial charge is 0.323 e. The Balaban J connectivity index is 1.56. The summed E-state index contributed by atoms with van der Waals surface area (Å²) < 4.78 is 23.5. The molecule has 0 fully saturated rings. The van der Waals surface area contributed by atoms with Crippen LogP contribution in [0.1, 0.15) is 0 Å². The zero-order valence-corrected chi connectivity index (χ0v) is 13.9. The molecule has 3 rings (SSSR count). The van der Waals surface area contributed by atoms with Gasteiger partial charge in [0.2, 0.25) is 5.88 Å². The molecular weight excluding hydrogens is 337 g/mol. The number of nitrogens with one attached hydrogen (secondary N) is 2. The minimum atomic E-state index is -0.456. The molecule has 0 aliphatic heterocycles. The van der Waals surface area contributed by atoms with Gasteiger partial charge in [-0.3, -0.25) is 0 Å². The molecule has 0 aliphatic carbocycles. The zero-order chi connectivity index (χ0) is 18.4. The summed E-state index contributed by atoms with van der Waals surface area (Å²) in [5.74, 6) is 1.37. The van der Waals surface area contributed by atoms with Crippen LogP contribution in [0.3, 0.4) is 0 Å². The maximum Gasteiger partial charge on any atom is 0.323 e. The molecule has 7 heteroatoms. The van der Waals surface area contributed by atoms with Crippen molar-refractivity contribution in [2.75, 3.05) is 17.7 Å². The molecule has 26 heavy (non-hydrogen) atoms. The lowest BCUT2D eigenvalue weighted by Crippen LogP contribution is -2.19. The fourth-order valence-corrected chi connectivity index (χ4v) is 2.11. The quantitative estimate of drug-likeness (QED) is 0.699. The fraction of sp³-hybridized carbons (Fsp3) is 0.0526. The second-order valence-corrected chi connectivity index (χ2v) is 5.25. The van der Waals surface area contributed by atoms with Crippen molar-refractivity contribution in [1.29, 1.82) is 0 Å². The maximum absolute atomic E-state index is 12.8. The molecular formula is C19H16FN3O3. The average molecular weight is 353 g/mol. The molecule has 6 nitrogen and oxygen atoms in total. The number of urea groups is 1. The molecule has 0 saturated heterocycles. The minimum absolute atomic E-state index is 0.368. The van der Waals surface area contributed by atoms with Gasteiger partial charge in [0.1, 0.15) is 17.3 Å². The first kappa shape index (κ1) is 17.2. The number of nitrogens with zero attached hydrogens (tertiary/aromatic N) is 1. The van der Waals surface area contributed by atoms with Gasteiger partial charge in [0.05, 0.1) is 19.0 Å². The number of pyridine rings is 1. The summed E-state index contributed by atoms with van der Waals surface area (Å²) >= 11 is 0. The van der Waals surface area contributed by atoms with Crippen LogP contribution in [-0.2, 0) is 0 Å². The van der Waals surface area contributed by atoms with Crippen LogP contribution in [0.2, 0.25) is 0 Å². The van der Waals surface area contributed by atoms with Crippen molar-refractivity contribution in [3.05, 3.63) is 72.7 Å².